The first-order valence-electron chi connectivity index (χ1n) is 8.67. The number of terminal acetylenes is 1. The molecule has 1 heterocycles. The Balaban J connectivity index is 1.98. The van der Waals surface area contributed by atoms with Gasteiger partial charge in [0.05, 0.1) is 28.4 Å². The lowest BCUT2D eigenvalue weighted by atomic mass is 10.2. The molecular weight excluding hydrogens is 380 g/mol. The first-order valence-corrected chi connectivity index (χ1v) is 9.86. The molecule has 0 aliphatic heterocycles. The highest BCUT2D eigenvalue weighted by atomic mass is 35.5. The van der Waals surface area contributed by atoms with Gasteiger partial charge in [0.2, 0.25) is 0 Å². The second kappa shape index (κ2) is 8.90. The number of benzene rings is 2. The zero-order chi connectivity index (χ0) is 19.2. The number of aromatic nitrogens is 1. The maximum Gasteiger partial charge on any atom is 0.279 e. The molecule has 6 heteroatoms. The molecule has 0 saturated carbocycles. The van der Waals surface area contributed by atoms with Crippen molar-refractivity contribution in [2.24, 2.45) is 4.99 Å². The first-order chi connectivity index (χ1) is 13.1. The lowest BCUT2D eigenvalue weighted by Gasteiger charge is -2.06. The fourth-order valence-corrected chi connectivity index (χ4v) is 4.00. The number of amides is 1. The van der Waals surface area contributed by atoms with Gasteiger partial charge in [0.1, 0.15) is 5.75 Å². The molecule has 0 unspecified atom stereocenters. The standard InChI is InChI=1S/C21H19ClN2O2S/c1-3-5-13-26-16-9-6-8-15(14-16)20(25)23-21-24(12-4-2)19-17(22)10-7-11-18(19)27-21/h2,6-11,14H,3,5,12-13H2,1H3. The van der Waals surface area contributed by atoms with Gasteiger partial charge in [0, 0.05) is 5.56 Å². The smallest absolute Gasteiger partial charge is 0.279 e. The number of hydrogen-bond acceptors (Lipinski definition) is 3. The molecule has 0 spiro atoms. The summed E-state index contributed by atoms with van der Waals surface area (Å²) in [5.74, 6) is 2.92. The summed E-state index contributed by atoms with van der Waals surface area (Å²) in [7, 11) is 0. The molecule has 27 heavy (non-hydrogen) atoms. The molecule has 4 nitrogen and oxygen atoms in total. The minimum atomic E-state index is -0.343. The molecule has 0 atom stereocenters. The second-order valence-corrected chi connectivity index (χ2v) is 7.32. The van der Waals surface area contributed by atoms with Crippen molar-refractivity contribution in [2.75, 3.05) is 6.61 Å². The molecule has 3 aromatic rings. The Hall–Kier alpha value is -2.55. The molecule has 1 aromatic heterocycles. The van der Waals surface area contributed by atoms with E-state index >= 15 is 0 Å². The third-order valence-corrected chi connectivity index (χ3v) is 5.29. The van der Waals surface area contributed by atoms with E-state index in [2.05, 4.69) is 17.8 Å². The number of ether oxygens (including phenoxy) is 1. The van der Waals surface area contributed by atoms with Crippen LogP contribution in [0.4, 0.5) is 0 Å². The number of fused-ring (bicyclic) bond motifs is 1. The van der Waals surface area contributed by atoms with Crippen molar-refractivity contribution < 1.29 is 9.53 Å². The molecule has 2 aromatic carbocycles. The van der Waals surface area contributed by atoms with Crippen LogP contribution in [0.5, 0.6) is 5.75 Å². The van der Waals surface area contributed by atoms with E-state index in [0.29, 0.717) is 27.7 Å². The van der Waals surface area contributed by atoms with Gasteiger partial charge < -0.3 is 9.30 Å². The molecule has 0 N–H and O–H groups in total. The molecule has 0 fully saturated rings. The van der Waals surface area contributed by atoms with Gasteiger partial charge in [-0.3, -0.25) is 4.79 Å². The van der Waals surface area contributed by atoms with Gasteiger partial charge in [-0.25, -0.2) is 0 Å². The summed E-state index contributed by atoms with van der Waals surface area (Å²) in [6, 6.07) is 12.7. The molecule has 0 bridgehead atoms. The SMILES string of the molecule is C#CCn1c(=NC(=O)c2cccc(OCCCC)c2)sc2cccc(Cl)c21. The van der Waals surface area contributed by atoms with Crippen molar-refractivity contribution in [1.82, 2.24) is 4.57 Å². The van der Waals surface area contributed by atoms with Gasteiger partial charge >= 0.3 is 0 Å². The molecule has 0 saturated heterocycles. The third-order valence-electron chi connectivity index (χ3n) is 3.95. The fraction of sp³-hybridized carbons (Fsp3) is 0.238. The Labute approximate surface area is 167 Å². The van der Waals surface area contributed by atoms with E-state index in [1.807, 2.05) is 18.2 Å². The Morgan fingerprint density at radius 2 is 2.15 bits per heavy atom. The number of halogens is 1. The van der Waals surface area contributed by atoms with Crippen LogP contribution in [0, 0.1) is 12.3 Å². The average molecular weight is 399 g/mol. The quantitative estimate of drug-likeness (QED) is 0.437. The van der Waals surface area contributed by atoms with Crippen molar-refractivity contribution in [3.63, 3.8) is 0 Å². The molecule has 3 rings (SSSR count). The number of nitrogens with zero attached hydrogens (tertiary/aromatic N) is 2. The van der Waals surface area contributed by atoms with Crippen LogP contribution in [-0.4, -0.2) is 17.1 Å². The summed E-state index contributed by atoms with van der Waals surface area (Å²) in [6.45, 7) is 3.02. The lowest BCUT2D eigenvalue weighted by Crippen LogP contribution is -2.16. The topological polar surface area (TPSA) is 43.6 Å². The monoisotopic (exact) mass is 398 g/mol. The van der Waals surface area contributed by atoms with Crippen molar-refractivity contribution in [1.29, 1.82) is 0 Å². The first kappa shape index (κ1) is 19.2. The van der Waals surface area contributed by atoms with Crippen LogP contribution in [0.1, 0.15) is 30.1 Å². The molecule has 0 aliphatic carbocycles. The number of thiazole rings is 1. The van der Waals surface area contributed by atoms with Crippen LogP contribution in [-0.2, 0) is 6.54 Å². The second-order valence-electron chi connectivity index (χ2n) is 5.91. The minimum Gasteiger partial charge on any atom is -0.494 e. The van der Waals surface area contributed by atoms with Gasteiger partial charge in [0.25, 0.3) is 5.91 Å². The summed E-state index contributed by atoms with van der Waals surface area (Å²) in [4.78, 5) is 17.5. The highest BCUT2D eigenvalue weighted by molar-refractivity contribution is 7.16. The van der Waals surface area contributed by atoms with Gasteiger partial charge in [-0.2, -0.15) is 4.99 Å². The van der Waals surface area contributed by atoms with E-state index in [0.717, 1.165) is 23.1 Å². The van der Waals surface area contributed by atoms with E-state index in [1.165, 1.54) is 11.3 Å². The average Bonchev–Trinajstić information content (AvgIpc) is 3.01. The molecule has 0 radical (unpaired) electrons. The number of carbonyl (C=O) groups is 1. The Morgan fingerprint density at radius 3 is 2.93 bits per heavy atom. The maximum atomic E-state index is 12.7. The normalized spacial score (nSPS) is 11.5. The summed E-state index contributed by atoms with van der Waals surface area (Å²) in [5, 5.41) is 0.583. The highest BCUT2D eigenvalue weighted by Crippen LogP contribution is 2.25. The zero-order valence-electron chi connectivity index (χ0n) is 14.9. The van der Waals surface area contributed by atoms with Crippen LogP contribution in [0.3, 0.4) is 0 Å². The maximum absolute atomic E-state index is 12.7. The van der Waals surface area contributed by atoms with E-state index in [4.69, 9.17) is 22.8 Å². The summed E-state index contributed by atoms with van der Waals surface area (Å²) < 4.78 is 8.40. The largest absolute Gasteiger partial charge is 0.494 e. The van der Waals surface area contributed by atoms with E-state index in [9.17, 15) is 4.79 Å². The Kier molecular flexibility index (Phi) is 6.33. The summed E-state index contributed by atoms with van der Waals surface area (Å²) in [5.41, 5.74) is 1.27. The van der Waals surface area contributed by atoms with Crippen molar-refractivity contribution >= 4 is 39.1 Å². The summed E-state index contributed by atoms with van der Waals surface area (Å²) >= 11 is 7.71. The Bertz CT molecular complexity index is 1080. The van der Waals surface area contributed by atoms with Crippen molar-refractivity contribution in [3.05, 3.63) is 57.9 Å². The minimum absolute atomic E-state index is 0.288. The number of unbranched alkanes of at least 4 members (excludes halogenated alkanes) is 1. The molecular formula is C21H19ClN2O2S. The molecule has 138 valence electrons. The number of carbonyl (C=O) groups excluding carboxylic acids is 1. The zero-order valence-corrected chi connectivity index (χ0v) is 16.5. The highest BCUT2D eigenvalue weighted by Gasteiger charge is 2.11. The predicted octanol–water partition coefficient (Wildman–Crippen LogP) is 4.91. The number of hydrogen-bond donors (Lipinski definition) is 0. The fourth-order valence-electron chi connectivity index (χ4n) is 2.61. The van der Waals surface area contributed by atoms with Gasteiger partial charge in [-0.1, -0.05) is 54.3 Å². The van der Waals surface area contributed by atoms with Gasteiger partial charge in [-0.15, -0.1) is 6.42 Å². The van der Waals surface area contributed by atoms with Crippen LogP contribution >= 0.6 is 22.9 Å². The van der Waals surface area contributed by atoms with Gasteiger partial charge in [-0.05, 0) is 36.8 Å². The lowest BCUT2D eigenvalue weighted by molar-refractivity contribution is 0.0997. The van der Waals surface area contributed by atoms with E-state index in [-0.39, 0.29) is 12.5 Å². The number of rotatable bonds is 6. The third kappa shape index (κ3) is 4.41. The summed E-state index contributed by atoms with van der Waals surface area (Å²) in [6.07, 6.45) is 7.52. The molecule has 1 amide bonds. The van der Waals surface area contributed by atoms with E-state index in [1.54, 1.807) is 28.8 Å². The Morgan fingerprint density at radius 1 is 1.33 bits per heavy atom. The van der Waals surface area contributed by atoms with Crippen LogP contribution in [0.15, 0.2) is 47.5 Å². The molecule has 0 aliphatic rings. The van der Waals surface area contributed by atoms with Crippen LogP contribution in [0.2, 0.25) is 5.02 Å². The van der Waals surface area contributed by atoms with Crippen LogP contribution < -0.4 is 9.54 Å². The predicted molar refractivity (Wildman–Crippen MR) is 110 cm³/mol. The number of para-hydroxylation sites is 1. The van der Waals surface area contributed by atoms with Crippen LogP contribution in [0.25, 0.3) is 10.2 Å². The van der Waals surface area contributed by atoms with E-state index < -0.39 is 0 Å². The van der Waals surface area contributed by atoms with Gasteiger partial charge in [0.15, 0.2) is 4.80 Å². The van der Waals surface area contributed by atoms with Crippen molar-refractivity contribution in [3.8, 4) is 18.1 Å². The van der Waals surface area contributed by atoms with Crippen molar-refractivity contribution in [2.45, 2.75) is 26.3 Å².